The molecule has 2 aromatic heterocycles. The first-order valence-corrected chi connectivity index (χ1v) is 13.5. The number of ether oxygens (including phenoxy) is 2. The maximum atomic E-state index is 14.1. The lowest BCUT2D eigenvalue weighted by molar-refractivity contribution is 0.324. The number of halogens is 1. The maximum Gasteiger partial charge on any atom is 0.275 e. The highest BCUT2D eigenvalue weighted by atomic mass is 79.9. The Labute approximate surface area is 239 Å². The van der Waals surface area contributed by atoms with E-state index in [0.717, 1.165) is 0 Å². The summed E-state index contributed by atoms with van der Waals surface area (Å²) in [5.41, 5.74) is 3.78. The predicted octanol–water partition coefficient (Wildman–Crippen LogP) is 5.78. The molecule has 5 aromatic rings. The van der Waals surface area contributed by atoms with Gasteiger partial charge in [0.25, 0.3) is 11.1 Å². The summed E-state index contributed by atoms with van der Waals surface area (Å²) in [4.78, 5) is 28.1. The van der Waals surface area contributed by atoms with Crippen LogP contribution in [-0.2, 0) is 0 Å². The van der Waals surface area contributed by atoms with Gasteiger partial charge in [0.1, 0.15) is 6.61 Å². The monoisotopic (exact) mass is 600 g/mol. The lowest BCUT2D eigenvalue weighted by atomic mass is 9.85. The van der Waals surface area contributed by atoms with Gasteiger partial charge in [-0.05, 0) is 71.7 Å². The van der Waals surface area contributed by atoms with Crippen LogP contribution >= 0.6 is 15.9 Å². The minimum Gasteiger partial charge on any atom is -0.493 e. The zero-order valence-corrected chi connectivity index (χ0v) is 24.0. The van der Waals surface area contributed by atoms with Gasteiger partial charge in [0.05, 0.1) is 34.1 Å². The molecule has 0 aliphatic carbocycles. The van der Waals surface area contributed by atoms with Crippen LogP contribution in [0.1, 0.15) is 34.0 Å². The number of hydrogen-bond acceptors (Lipinski definition) is 4. The van der Waals surface area contributed by atoms with Crippen molar-refractivity contribution in [2.45, 2.75) is 19.8 Å². The second kappa shape index (κ2) is 11.3. The molecule has 0 saturated carbocycles. The summed E-state index contributed by atoms with van der Waals surface area (Å²) in [5, 5.41) is 6.43. The molecule has 2 heterocycles. The van der Waals surface area contributed by atoms with Crippen LogP contribution in [0.15, 0.2) is 99.5 Å². The number of benzene rings is 3. The Morgan fingerprint density at radius 2 is 1.38 bits per heavy atom. The third-order valence-electron chi connectivity index (χ3n) is 6.77. The van der Waals surface area contributed by atoms with Crippen molar-refractivity contribution in [2.75, 3.05) is 13.7 Å². The van der Waals surface area contributed by atoms with Crippen molar-refractivity contribution in [1.82, 2.24) is 19.6 Å². The minimum atomic E-state index is -0.721. The second-order valence-electron chi connectivity index (χ2n) is 9.32. The lowest BCUT2D eigenvalue weighted by Crippen LogP contribution is -2.25. The van der Waals surface area contributed by atoms with E-state index in [2.05, 4.69) is 32.7 Å². The Morgan fingerprint density at radius 1 is 0.875 bits per heavy atom. The number of hydrogen-bond donors (Lipinski definition) is 2. The molecule has 0 unspecified atom stereocenters. The molecule has 2 N–H and O–H groups in total. The summed E-state index contributed by atoms with van der Waals surface area (Å²) in [5.74, 6) is 0.246. The maximum absolute atomic E-state index is 14.1. The van der Waals surface area contributed by atoms with Crippen molar-refractivity contribution in [3.05, 3.63) is 139 Å². The first-order valence-electron chi connectivity index (χ1n) is 12.7. The fraction of sp³-hybridized carbons (Fsp3) is 0.161. The average molecular weight is 602 g/mol. The lowest BCUT2D eigenvalue weighted by Gasteiger charge is -2.19. The van der Waals surface area contributed by atoms with E-state index in [-0.39, 0.29) is 17.7 Å². The molecule has 40 heavy (non-hydrogen) atoms. The van der Waals surface area contributed by atoms with Crippen LogP contribution in [-0.4, -0.2) is 33.3 Å². The van der Waals surface area contributed by atoms with Crippen LogP contribution in [0.5, 0.6) is 11.5 Å². The molecule has 0 radical (unpaired) electrons. The summed E-state index contributed by atoms with van der Waals surface area (Å²) >= 11 is 3.62. The number of para-hydroxylation sites is 2. The van der Waals surface area contributed by atoms with Crippen molar-refractivity contribution in [2.24, 2.45) is 0 Å². The number of methoxy groups -OCH3 is 1. The van der Waals surface area contributed by atoms with Gasteiger partial charge in [-0.2, -0.15) is 0 Å². The van der Waals surface area contributed by atoms with Gasteiger partial charge in [-0.3, -0.25) is 19.8 Å². The molecule has 9 heteroatoms. The largest absolute Gasteiger partial charge is 0.493 e. The van der Waals surface area contributed by atoms with Gasteiger partial charge >= 0.3 is 0 Å². The summed E-state index contributed by atoms with van der Waals surface area (Å²) in [6.45, 7) is 7.69. The molecule has 8 nitrogen and oxygen atoms in total. The number of aromatic nitrogens is 4. The average Bonchev–Trinajstić information content (AvgIpc) is 3.43. The van der Waals surface area contributed by atoms with Gasteiger partial charge in [0, 0.05) is 17.3 Å². The standard InChI is InChI=1S/C31H29BrN4O4/c1-5-16-40-29-24(32)17-21(18-25(29)39-4)28(26-19(2)33-35(30(26)37)22-12-8-6-9-13-22)27-20(3)34-36(31(27)38)23-14-10-7-11-15-23/h5-15,17-18,28,33-34H,1,16H2,2-4H3. The van der Waals surface area contributed by atoms with Gasteiger partial charge in [0.2, 0.25) is 0 Å². The number of aryl methyl sites for hydroxylation is 2. The smallest absolute Gasteiger partial charge is 0.275 e. The zero-order chi connectivity index (χ0) is 28.4. The van der Waals surface area contributed by atoms with Gasteiger partial charge in [-0.15, -0.1) is 0 Å². The van der Waals surface area contributed by atoms with Crippen LogP contribution in [0.4, 0.5) is 0 Å². The van der Waals surface area contributed by atoms with Gasteiger partial charge in [0.15, 0.2) is 11.5 Å². The van der Waals surface area contributed by atoms with Crippen LogP contribution in [0.25, 0.3) is 11.4 Å². The molecule has 0 amide bonds. The highest BCUT2D eigenvalue weighted by molar-refractivity contribution is 9.10. The van der Waals surface area contributed by atoms with Crippen LogP contribution in [0.3, 0.4) is 0 Å². The van der Waals surface area contributed by atoms with E-state index in [4.69, 9.17) is 9.47 Å². The van der Waals surface area contributed by atoms with E-state index < -0.39 is 5.92 Å². The van der Waals surface area contributed by atoms with Crippen LogP contribution in [0, 0.1) is 13.8 Å². The molecule has 0 aliphatic heterocycles. The highest BCUT2D eigenvalue weighted by Gasteiger charge is 2.32. The van der Waals surface area contributed by atoms with Gasteiger partial charge in [-0.25, -0.2) is 9.36 Å². The van der Waals surface area contributed by atoms with Crippen molar-refractivity contribution >= 4 is 15.9 Å². The van der Waals surface area contributed by atoms with E-state index >= 15 is 0 Å². The molecule has 0 saturated heterocycles. The van der Waals surface area contributed by atoms with Crippen LogP contribution < -0.4 is 20.6 Å². The molecular formula is C31H29BrN4O4. The third-order valence-corrected chi connectivity index (χ3v) is 7.36. The normalized spacial score (nSPS) is 11.1. The van der Waals surface area contributed by atoms with E-state index in [1.54, 1.807) is 13.2 Å². The number of nitrogens with one attached hydrogen (secondary N) is 2. The summed E-state index contributed by atoms with van der Waals surface area (Å²) in [6.07, 6.45) is 1.65. The molecule has 3 aromatic carbocycles. The predicted molar refractivity (Wildman–Crippen MR) is 160 cm³/mol. The molecule has 5 rings (SSSR count). The molecule has 0 fully saturated rings. The molecule has 204 valence electrons. The first-order chi connectivity index (χ1) is 19.3. The fourth-order valence-corrected chi connectivity index (χ4v) is 5.56. The van der Waals surface area contributed by atoms with Crippen molar-refractivity contribution in [1.29, 1.82) is 0 Å². The Balaban J connectivity index is 1.79. The first kappa shape index (κ1) is 27.1. The summed E-state index contributed by atoms with van der Waals surface area (Å²) < 4.78 is 15.2. The molecule has 0 atom stereocenters. The van der Waals surface area contributed by atoms with E-state index in [0.29, 0.717) is 55.4 Å². The molecule has 0 aliphatic rings. The third kappa shape index (κ3) is 4.84. The number of nitrogens with zero attached hydrogens (tertiary/aromatic N) is 2. The summed E-state index contributed by atoms with van der Waals surface area (Å²) in [6, 6.07) is 22.3. The molecule has 0 spiro atoms. The number of rotatable bonds is 9. The Bertz CT molecular complexity index is 1680. The second-order valence-corrected chi connectivity index (χ2v) is 10.2. The van der Waals surface area contributed by atoms with Gasteiger partial charge in [-0.1, -0.05) is 49.1 Å². The van der Waals surface area contributed by atoms with E-state index in [1.807, 2.05) is 86.6 Å². The zero-order valence-electron chi connectivity index (χ0n) is 22.4. The van der Waals surface area contributed by atoms with E-state index in [1.165, 1.54) is 9.36 Å². The van der Waals surface area contributed by atoms with Crippen molar-refractivity contribution in [3.63, 3.8) is 0 Å². The molecular weight excluding hydrogens is 572 g/mol. The van der Waals surface area contributed by atoms with Crippen molar-refractivity contribution < 1.29 is 9.47 Å². The number of H-pyrrole nitrogens is 2. The highest BCUT2D eigenvalue weighted by Crippen LogP contribution is 2.42. The Kier molecular flexibility index (Phi) is 7.66. The van der Waals surface area contributed by atoms with Crippen LogP contribution in [0.2, 0.25) is 0 Å². The summed E-state index contributed by atoms with van der Waals surface area (Å²) in [7, 11) is 1.55. The van der Waals surface area contributed by atoms with Crippen molar-refractivity contribution in [3.8, 4) is 22.9 Å². The van der Waals surface area contributed by atoms with E-state index in [9.17, 15) is 9.59 Å². The number of aromatic amines is 2. The molecule has 0 bridgehead atoms. The minimum absolute atomic E-state index is 0.248. The quantitative estimate of drug-likeness (QED) is 0.210. The SMILES string of the molecule is C=CCOc1c(Br)cc(C(c2c(C)[nH]n(-c3ccccc3)c2=O)c2c(C)[nH]n(-c3ccccc3)c2=O)cc1OC. The topological polar surface area (TPSA) is 94.0 Å². The van der Waals surface area contributed by atoms with Gasteiger partial charge < -0.3 is 9.47 Å². The fourth-order valence-electron chi connectivity index (χ4n) is 4.98. The Morgan fingerprint density at radius 3 is 1.82 bits per heavy atom. The Hall–Kier alpha value is -4.50.